The van der Waals surface area contributed by atoms with Crippen LogP contribution >= 0.6 is 11.6 Å². The molecular formula is C12H15ClN2O3. The van der Waals surface area contributed by atoms with Crippen LogP contribution in [0.4, 0.5) is 5.69 Å². The molecule has 0 fully saturated rings. The Kier molecular flexibility index (Phi) is 4.55. The van der Waals surface area contributed by atoms with Gasteiger partial charge in [-0.25, -0.2) is 4.79 Å². The minimum Gasteiger partial charge on any atom is -0.480 e. The minimum atomic E-state index is -1.08. The number of amides is 1. The summed E-state index contributed by atoms with van der Waals surface area (Å²) < 4.78 is 0. The molecule has 0 heterocycles. The van der Waals surface area contributed by atoms with E-state index in [0.29, 0.717) is 5.69 Å². The first-order chi connectivity index (χ1) is 8.32. The van der Waals surface area contributed by atoms with Crippen molar-refractivity contribution in [3.63, 3.8) is 0 Å². The van der Waals surface area contributed by atoms with Crippen molar-refractivity contribution in [1.82, 2.24) is 5.32 Å². The summed E-state index contributed by atoms with van der Waals surface area (Å²) in [5, 5.41) is 11.6. The second kappa shape index (κ2) is 5.73. The molecular weight excluding hydrogens is 256 g/mol. The van der Waals surface area contributed by atoms with E-state index in [0.717, 1.165) is 0 Å². The summed E-state index contributed by atoms with van der Waals surface area (Å²) in [7, 11) is 0. The standard InChI is InChI=1S/C12H15ClN2O3/c1-6(2)10(12(17)18)15-11(16)8-5-7(14)3-4-9(8)13/h3-6,10H,14H2,1-2H3,(H,15,16)(H,17,18). The molecule has 1 unspecified atom stereocenters. The number of carbonyl (C=O) groups excluding carboxylic acids is 1. The van der Waals surface area contributed by atoms with Crippen LogP contribution < -0.4 is 11.1 Å². The highest BCUT2D eigenvalue weighted by atomic mass is 35.5. The van der Waals surface area contributed by atoms with Crippen LogP contribution in [0.3, 0.4) is 0 Å². The van der Waals surface area contributed by atoms with Crippen molar-refractivity contribution in [1.29, 1.82) is 0 Å². The van der Waals surface area contributed by atoms with Gasteiger partial charge in [0.15, 0.2) is 0 Å². The molecule has 0 spiro atoms. The summed E-state index contributed by atoms with van der Waals surface area (Å²) in [6.07, 6.45) is 0. The Balaban J connectivity index is 2.94. The molecule has 1 amide bonds. The molecule has 0 bridgehead atoms. The molecule has 0 saturated heterocycles. The number of nitrogens with two attached hydrogens (primary N) is 1. The van der Waals surface area contributed by atoms with E-state index >= 15 is 0 Å². The zero-order valence-electron chi connectivity index (χ0n) is 10.1. The van der Waals surface area contributed by atoms with Crippen molar-refractivity contribution in [3.05, 3.63) is 28.8 Å². The Morgan fingerprint density at radius 1 is 1.39 bits per heavy atom. The third-order valence-corrected chi connectivity index (χ3v) is 2.78. The number of hydrogen-bond acceptors (Lipinski definition) is 3. The number of carbonyl (C=O) groups is 2. The second-order valence-electron chi connectivity index (χ2n) is 4.27. The lowest BCUT2D eigenvalue weighted by Crippen LogP contribution is -2.44. The van der Waals surface area contributed by atoms with E-state index in [1.807, 2.05) is 0 Å². The van der Waals surface area contributed by atoms with Crippen molar-refractivity contribution in [2.24, 2.45) is 5.92 Å². The topological polar surface area (TPSA) is 92.4 Å². The molecule has 1 aromatic carbocycles. The number of nitrogen functional groups attached to an aromatic ring is 1. The first-order valence-electron chi connectivity index (χ1n) is 5.41. The summed E-state index contributed by atoms with van der Waals surface area (Å²) in [5.41, 5.74) is 6.12. The Hall–Kier alpha value is -1.75. The fourth-order valence-corrected chi connectivity index (χ4v) is 1.65. The van der Waals surface area contributed by atoms with Crippen LogP contribution in [0, 0.1) is 5.92 Å². The maximum atomic E-state index is 11.9. The quantitative estimate of drug-likeness (QED) is 0.727. The number of carboxylic acid groups (broad SMARTS) is 1. The predicted molar refractivity (Wildman–Crippen MR) is 69.6 cm³/mol. The van der Waals surface area contributed by atoms with Gasteiger partial charge in [-0.2, -0.15) is 0 Å². The lowest BCUT2D eigenvalue weighted by atomic mass is 10.0. The molecule has 98 valence electrons. The summed E-state index contributed by atoms with van der Waals surface area (Å²) >= 11 is 5.87. The number of aliphatic carboxylic acids is 1. The molecule has 4 N–H and O–H groups in total. The van der Waals surface area contributed by atoms with E-state index in [9.17, 15) is 9.59 Å². The van der Waals surface area contributed by atoms with Crippen LogP contribution in [0.15, 0.2) is 18.2 Å². The fraction of sp³-hybridized carbons (Fsp3) is 0.333. The molecule has 18 heavy (non-hydrogen) atoms. The Morgan fingerprint density at radius 3 is 2.50 bits per heavy atom. The first kappa shape index (κ1) is 14.3. The molecule has 1 atom stereocenters. The second-order valence-corrected chi connectivity index (χ2v) is 4.68. The Morgan fingerprint density at radius 2 is 2.00 bits per heavy atom. The van der Waals surface area contributed by atoms with Gasteiger partial charge in [-0.15, -0.1) is 0 Å². The number of nitrogens with one attached hydrogen (secondary N) is 1. The van der Waals surface area contributed by atoms with Crippen LogP contribution in [-0.2, 0) is 4.79 Å². The molecule has 1 rings (SSSR count). The number of anilines is 1. The van der Waals surface area contributed by atoms with E-state index < -0.39 is 17.9 Å². The van der Waals surface area contributed by atoms with Gasteiger partial charge in [-0.1, -0.05) is 25.4 Å². The number of carboxylic acids is 1. The molecule has 6 heteroatoms. The van der Waals surface area contributed by atoms with E-state index in [1.54, 1.807) is 19.9 Å². The van der Waals surface area contributed by atoms with Gasteiger partial charge < -0.3 is 16.2 Å². The van der Waals surface area contributed by atoms with Crippen LogP contribution in [0.2, 0.25) is 5.02 Å². The summed E-state index contributed by atoms with van der Waals surface area (Å²) in [6.45, 7) is 3.42. The zero-order chi connectivity index (χ0) is 13.9. The van der Waals surface area contributed by atoms with E-state index in [1.165, 1.54) is 12.1 Å². The monoisotopic (exact) mass is 270 g/mol. The molecule has 0 saturated carbocycles. The van der Waals surface area contributed by atoms with Crippen molar-refractivity contribution in [3.8, 4) is 0 Å². The van der Waals surface area contributed by atoms with Crippen molar-refractivity contribution < 1.29 is 14.7 Å². The van der Waals surface area contributed by atoms with Gasteiger partial charge in [-0.05, 0) is 24.1 Å². The highest BCUT2D eigenvalue weighted by Gasteiger charge is 2.24. The highest BCUT2D eigenvalue weighted by Crippen LogP contribution is 2.19. The van der Waals surface area contributed by atoms with Crippen LogP contribution in [-0.4, -0.2) is 23.0 Å². The van der Waals surface area contributed by atoms with Gasteiger partial charge in [0.2, 0.25) is 0 Å². The highest BCUT2D eigenvalue weighted by molar-refractivity contribution is 6.34. The predicted octanol–water partition coefficient (Wildman–Crippen LogP) is 1.76. The fourth-order valence-electron chi connectivity index (χ4n) is 1.45. The molecule has 0 aliphatic rings. The smallest absolute Gasteiger partial charge is 0.326 e. The normalized spacial score (nSPS) is 12.2. The molecule has 0 radical (unpaired) electrons. The molecule has 1 aromatic rings. The average Bonchev–Trinajstić information content (AvgIpc) is 2.28. The number of benzene rings is 1. The summed E-state index contributed by atoms with van der Waals surface area (Å²) in [4.78, 5) is 22.9. The molecule has 0 aromatic heterocycles. The van der Waals surface area contributed by atoms with E-state index in [2.05, 4.69) is 5.32 Å². The molecule has 0 aliphatic heterocycles. The third-order valence-electron chi connectivity index (χ3n) is 2.45. The van der Waals surface area contributed by atoms with Gasteiger partial charge in [0, 0.05) is 5.69 Å². The Bertz CT molecular complexity index is 474. The first-order valence-corrected chi connectivity index (χ1v) is 5.79. The molecule has 5 nitrogen and oxygen atoms in total. The SMILES string of the molecule is CC(C)C(NC(=O)c1cc(N)ccc1Cl)C(=O)O. The largest absolute Gasteiger partial charge is 0.480 e. The van der Waals surface area contributed by atoms with Gasteiger partial charge in [0.1, 0.15) is 6.04 Å². The average molecular weight is 271 g/mol. The Labute approximate surface area is 110 Å². The number of halogens is 1. The summed E-state index contributed by atoms with van der Waals surface area (Å²) in [5.74, 6) is -1.86. The number of rotatable bonds is 4. The minimum absolute atomic E-state index is 0.170. The maximum Gasteiger partial charge on any atom is 0.326 e. The van der Waals surface area contributed by atoms with E-state index in [4.69, 9.17) is 22.4 Å². The van der Waals surface area contributed by atoms with Crippen molar-refractivity contribution in [2.75, 3.05) is 5.73 Å². The van der Waals surface area contributed by atoms with Crippen molar-refractivity contribution in [2.45, 2.75) is 19.9 Å². The van der Waals surface area contributed by atoms with E-state index in [-0.39, 0.29) is 16.5 Å². The van der Waals surface area contributed by atoms with Crippen LogP contribution in [0.5, 0.6) is 0 Å². The maximum absolute atomic E-state index is 11.9. The van der Waals surface area contributed by atoms with Crippen LogP contribution in [0.1, 0.15) is 24.2 Å². The third kappa shape index (κ3) is 3.37. The van der Waals surface area contributed by atoms with Crippen LogP contribution in [0.25, 0.3) is 0 Å². The summed E-state index contributed by atoms with van der Waals surface area (Å²) in [6, 6.07) is 3.51. The van der Waals surface area contributed by atoms with Gasteiger partial charge in [-0.3, -0.25) is 4.79 Å². The number of hydrogen-bond donors (Lipinski definition) is 3. The molecule has 0 aliphatic carbocycles. The van der Waals surface area contributed by atoms with Gasteiger partial charge in [0.05, 0.1) is 10.6 Å². The zero-order valence-corrected chi connectivity index (χ0v) is 10.9. The van der Waals surface area contributed by atoms with Gasteiger partial charge >= 0.3 is 5.97 Å². The van der Waals surface area contributed by atoms with Gasteiger partial charge in [0.25, 0.3) is 5.91 Å². The lowest BCUT2D eigenvalue weighted by molar-refractivity contribution is -0.140. The van der Waals surface area contributed by atoms with Crippen molar-refractivity contribution >= 4 is 29.2 Å². The lowest BCUT2D eigenvalue weighted by Gasteiger charge is -2.18.